The third-order valence-electron chi connectivity index (χ3n) is 6.54. The molecule has 4 rings (SSSR count). The van der Waals surface area contributed by atoms with Gasteiger partial charge in [-0.25, -0.2) is 19.2 Å². The fourth-order valence-electron chi connectivity index (χ4n) is 4.17. The zero-order valence-corrected chi connectivity index (χ0v) is 23.1. The van der Waals surface area contributed by atoms with Gasteiger partial charge in [-0.1, -0.05) is 13.0 Å². The fraction of sp³-hybridized carbons (Fsp3) is 0.393. The highest BCUT2D eigenvalue weighted by Crippen LogP contribution is 2.31. The van der Waals surface area contributed by atoms with E-state index < -0.39 is 24.8 Å². The third-order valence-corrected chi connectivity index (χ3v) is 6.54. The van der Waals surface area contributed by atoms with Gasteiger partial charge in [-0.3, -0.25) is 14.4 Å². The summed E-state index contributed by atoms with van der Waals surface area (Å²) in [5, 5.41) is 10.4. The summed E-state index contributed by atoms with van der Waals surface area (Å²) >= 11 is 0. The molecule has 13 heteroatoms. The van der Waals surface area contributed by atoms with E-state index in [1.165, 1.54) is 6.33 Å². The molecule has 1 fully saturated rings. The Labute approximate surface area is 236 Å². The first-order valence-corrected chi connectivity index (χ1v) is 13.3. The molecular formula is C28H32N6O7. The van der Waals surface area contributed by atoms with Crippen LogP contribution in [-0.4, -0.2) is 69.0 Å². The number of nitrogens with zero attached hydrogens (tertiary/aromatic N) is 4. The average Bonchev–Trinajstić information content (AvgIpc) is 3.73. The number of imide groups is 1. The van der Waals surface area contributed by atoms with E-state index in [4.69, 9.17) is 9.47 Å². The molecule has 0 bridgehead atoms. The van der Waals surface area contributed by atoms with Gasteiger partial charge in [-0.2, -0.15) is 5.10 Å². The summed E-state index contributed by atoms with van der Waals surface area (Å²) in [6.07, 6.45) is 4.63. The van der Waals surface area contributed by atoms with Crippen molar-refractivity contribution in [3.05, 3.63) is 53.0 Å². The number of aromatic nitrogens is 3. The number of esters is 1. The minimum atomic E-state index is -0.925. The normalized spacial score (nSPS) is 12.5. The van der Waals surface area contributed by atoms with E-state index in [9.17, 15) is 24.0 Å². The van der Waals surface area contributed by atoms with Crippen molar-refractivity contribution in [2.45, 2.75) is 58.9 Å². The van der Waals surface area contributed by atoms with Crippen LogP contribution in [0.3, 0.4) is 0 Å². The summed E-state index contributed by atoms with van der Waals surface area (Å²) in [5.74, 6) is -1.01. The lowest BCUT2D eigenvalue weighted by Gasteiger charge is -2.20. The largest absolute Gasteiger partial charge is 0.428 e. The highest BCUT2D eigenvalue weighted by atomic mass is 16.7. The topological polar surface area (TPSA) is 161 Å². The Morgan fingerprint density at radius 2 is 1.95 bits per heavy atom. The van der Waals surface area contributed by atoms with E-state index in [0.717, 1.165) is 16.9 Å². The third kappa shape index (κ3) is 6.86. The van der Waals surface area contributed by atoms with Crippen molar-refractivity contribution in [2.75, 3.05) is 18.7 Å². The van der Waals surface area contributed by atoms with Crippen LogP contribution >= 0.6 is 0 Å². The number of ether oxygens (including phenoxy) is 2. The van der Waals surface area contributed by atoms with Crippen molar-refractivity contribution in [2.24, 2.45) is 0 Å². The molecule has 0 radical (unpaired) electrons. The van der Waals surface area contributed by atoms with Gasteiger partial charge < -0.3 is 24.9 Å². The van der Waals surface area contributed by atoms with E-state index in [1.54, 1.807) is 28.9 Å². The minimum Gasteiger partial charge on any atom is -0.428 e. The minimum absolute atomic E-state index is 0.00330. The number of aryl methyl sites for hydroxylation is 2. The number of carbonyl (C=O) groups excluding carboxylic acids is 5. The van der Waals surface area contributed by atoms with Crippen LogP contribution in [-0.2, 0) is 19.1 Å². The fourth-order valence-corrected chi connectivity index (χ4v) is 4.17. The number of carbonyl (C=O) groups is 5. The Kier molecular flexibility index (Phi) is 9.27. The van der Waals surface area contributed by atoms with E-state index in [0.29, 0.717) is 53.8 Å². The first kappa shape index (κ1) is 29.2. The number of amides is 3. The summed E-state index contributed by atoms with van der Waals surface area (Å²) in [5.41, 5.74) is 3.41. The second kappa shape index (κ2) is 13.0. The zero-order chi connectivity index (χ0) is 29.5. The lowest BCUT2D eigenvalue weighted by atomic mass is 10.1. The van der Waals surface area contributed by atoms with Crippen LogP contribution in [0.15, 0.2) is 30.7 Å². The highest BCUT2D eigenvalue weighted by molar-refractivity contribution is 6.04. The number of benzene rings is 1. The Bertz CT molecular complexity index is 1480. The smallest absolute Gasteiger partial charge is 0.419 e. The lowest BCUT2D eigenvalue weighted by Crippen LogP contribution is -2.39. The van der Waals surface area contributed by atoms with Crippen LogP contribution in [0.1, 0.15) is 70.9 Å². The second-order valence-electron chi connectivity index (χ2n) is 9.64. The quantitative estimate of drug-likeness (QED) is 0.189. The van der Waals surface area contributed by atoms with Crippen molar-refractivity contribution in [3.63, 3.8) is 0 Å². The van der Waals surface area contributed by atoms with E-state index in [-0.39, 0.29) is 30.4 Å². The molecule has 41 heavy (non-hydrogen) atoms. The van der Waals surface area contributed by atoms with Crippen LogP contribution < -0.4 is 10.6 Å². The molecule has 0 spiro atoms. The molecule has 1 saturated carbocycles. The maximum atomic E-state index is 13.4. The molecule has 3 aromatic rings. The van der Waals surface area contributed by atoms with Gasteiger partial charge in [-0.05, 0) is 56.4 Å². The molecular weight excluding hydrogens is 532 g/mol. The molecule has 216 valence electrons. The standard InChI is InChI=1S/C28H32N6O7/c1-4-11-29-26(37)21-14-33-24(18(21)3)25(30-15-31-33)32-22-13-19(8-7-17(22)2)27(38)34(20-9-10-20)28(39)41-16-40-23(36)6-5-12-35/h7-8,12-15,20H,4-6,9-11,16H2,1-3H3,(H,29,37)(H,30,31,32). The lowest BCUT2D eigenvalue weighted by molar-refractivity contribution is -0.152. The van der Waals surface area contributed by atoms with Crippen molar-refractivity contribution >= 4 is 47.2 Å². The van der Waals surface area contributed by atoms with Crippen LogP contribution in [0, 0.1) is 13.8 Å². The maximum absolute atomic E-state index is 13.4. The molecule has 0 atom stereocenters. The summed E-state index contributed by atoms with van der Waals surface area (Å²) in [7, 11) is 0. The first-order chi connectivity index (χ1) is 19.7. The Balaban J connectivity index is 1.53. The van der Waals surface area contributed by atoms with Gasteiger partial charge in [0, 0.05) is 36.5 Å². The molecule has 13 nitrogen and oxygen atoms in total. The van der Waals surface area contributed by atoms with Crippen LogP contribution in [0.4, 0.5) is 16.3 Å². The Morgan fingerprint density at radius 3 is 2.66 bits per heavy atom. The molecule has 1 aromatic carbocycles. The Morgan fingerprint density at radius 1 is 1.17 bits per heavy atom. The van der Waals surface area contributed by atoms with Crippen molar-refractivity contribution < 1.29 is 33.4 Å². The number of rotatable bonds is 12. The number of anilines is 2. The van der Waals surface area contributed by atoms with E-state index in [2.05, 4.69) is 20.7 Å². The molecule has 2 heterocycles. The number of aldehydes is 1. The molecule has 0 saturated heterocycles. The number of hydrogen-bond acceptors (Lipinski definition) is 10. The monoisotopic (exact) mass is 564 g/mol. The van der Waals surface area contributed by atoms with Gasteiger partial charge in [0.2, 0.25) is 6.79 Å². The summed E-state index contributed by atoms with van der Waals surface area (Å²) in [6.45, 7) is 5.54. The van der Waals surface area contributed by atoms with Crippen molar-refractivity contribution in [1.82, 2.24) is 24.8 Å². The van der Waals surface area contributed by atoms with Crippen LogP contribution in [0.2, 0.25) is 0 Å². The number of fused-ring (bicyclic) bond motifs is 1. The highest BCUT2D eigenvalue weighted by Gasteiger charge is 2.39. The van der Waals surface area contributed by atoms with Gasteiger partial charge >= 0.3 is 12.1 Å². The Hall–Kier alpha value is -4.81. The van der Waals surface area contributed by atoms with Gasteiger partial charge in [-0.15, -0.1) is 0 Å². The number of nitrogens with one attached hydrogen (secondary N) is 2. The predicted molar refractivity (Wildman–Crippen MR) is 147 cm³/mol. The number of hydrogen-bond donors (Lipinski definition) is 2. The van der Waals surface area contributed by atoms with Crippen LogP contribution in [0.25, 0.3) is 5.52 Å². The zero-order valence-electron chi connectivity index (χ0n) is 23.1. The molecule has 2 aromatic heterocycles. The first-order valence-electron chi connectivity index (χ1n) is 13.3. The average molecular weight is 565 g/mol. The molecule has 0 unspecified atom stereocenters. The molecule has 0 aliphatic heterocycles. The van der Waals surface area contributed by atoms with Gasteiger partial charge in [0.25, 0.3) is 11.8 Å². The molecule has 1 aliphatic rings. The molecule has 2 N–H and O–H groups in total. The SMILES string of the molecule is CCCNC(=O)c1cn2ncnc(Nc3cc(C(=O)N(C(=O)OCOC(=O)CCC=O)C4CC4)ccc3C)c2c1C. The molecule has 3 amide bonds. The molecule has 1 aliphatic carbocycles. The van der Waals surface area contributed by atoms with Gasteiger partial charge in [0.05, 0.1) is 12.0 Å². The van der Waals surface area contributed by atoms with Gasteiger partial charge in [0.15, 0.2) is 5.82 Å². The summed E-state index contributed by atoms with van der Waals surface area (Å²) in [6, 6.07) is 4.65. The summed E-state index contributed by atoms with van der Waals surface area (Å²) in [4.78, 5) is 66.2. The van der Waals surface area contributed by atoms with E-state index >= 15 is 0 Å². The van der Waals surface area contributed by atoms with Crippen LogP contribution in [0.5, 0.6) is 0 Å². The van der Waals surface area contributed by atoms with Gasteiger partial charge in [0.1, 0.15) is 18.1 Å². The van der Waals surface area contributed by atoms with Crippen molar-refractivity contribution in [1.29, 1.82) is 0 Å². The van der Waals surface area contributed by atoms with Crippen molar-refractivity contribution in [3.8, 4) is 0 Å². The predicted octanol–water partition coefficient (Wildman–Crippen LogP) is 3.45. The second-order valence-corrected chi connectivity index (χ2v) is 9.64. The van der Waals surface area contributed by atoms with E-state index in [1.807, 2.05) is 20.8 Å². The summed E-state index contributed by atoms with van der Waals surface area (Å²) < 4.78 is 11.4. The maximum Gasteiger partial charge on any atom is 0.419 e.